The molecular formula is C19H15FN2O2. The molecule has 0 spiro atoms. The normalized spacial score (nSPS) is 10.2. The second kappa shape index (κ2) is 6.91. The number of nitrogens with zero attached hydrogens (tertiary/aromatic N) is 1. The van der Waals surface area contributed by atoms with E-state index in [-0.39, 0.29) is 5.91 Å². The number of pyridine rings is 1. The second-order valence-corrected chi connectivity index (χ2v) is 5.16. The molecule has 1 heterocycles. The van der Waals surface area contributed by atoms with Crippen LogP contribution in [0.25, 0.3) is 11.1 Å². The number of aromatic nitrogens is 1. The van der Waals surface area contributed by atoms with Crippen molar-refractivity contribution >= 4 is 11.6 Å². The van der Waals surface area contributed by atoms with Crippen molar-refractivity contribution in [3.63, 3.8) is 0 Å². The number of anilines is 1. The third-order valence-corrected chi connectivity index (χ3v) is 3.49. The largest absolute Gasteiger partial charge is 0.497 e. The first-order valence-corrected chi connectivity index (χ1v) is 7.32. The van der Waals surface area contributed by atoms with E-state index in [2.05, 4.69) is 10.3 Å². The van der Waals surface area contributed by atoms with E-state index < -0.39 is 5.82 Å². The molecule has 0 atom stereocenters. The number of benzene rings is 2. The summed E-state index contributed by atoms with van der Waals surface area (Å²) in [6.07, 6.45) is 3.14. The highest BCUT2D eigenvalue weighted by atomic mass is 19.1. The van der Waals surface area contributed by atoms with Crippen molar-refractivity contribution in [2.24, 2.45) is 0 Å². The number of hydrogen-bond acceptors (Lipinski definition) is 3. The summed E-state index contributed by atoms with van der Waals surface area (Å²) < 4.78 is 18.4. The van der Waals surface area contributed by atoms with E-state index in [1.165, 1.54) is 24.4 Å². The lowest BCUT2D eigenvalue weighted by Gasteiger charge is -2.08. The predicted molar refractivity (Wildman–Crippen MR) is 90.6 cm³/mol. The van der Waals surface area contributed by atoms with Crippen LogP contribution in [0, 0.1) is 5.82 Å². The molecule has 1 aromatic heterocycles. The molecule has 0 fully saturated rings. The summed E-state index contributed by atoms with van der Waals surface area (Å²) >= 11 is 0. The van der Waals surface area contributed by atoms with Crippen LogP contribution in [0.3, 0.4) is 0 Å². The lowest BCUT2D eigenvalue weighted by Crippen LogP contribution is -2.12. The molecule has 3 aromatic rings. The Balaban J connectivity index is 1.85. The topological polar surface area (TPSA) is 51.2 Å². The second-order valence-electron chi connectivity index (χ2n) is 5.16. The van der Waals surface area contributed by atoms with Gasteiger partial charge in [0, 0.05) is 23.6 Å². The van der Waals surface area contributed by atoms with Crippen molar-refractivity contribution in [2.75, 3.05) is 12.4 Å². The van der Waals surface area contributed by atoms with Gasteiger partial charge in [0.25, 0.3) is 5.91 Å². The maximum atomic E-state index is 13.2. The summed E-state index contributed by atoms with van der Waals surface area (Å²) in [4.78, 5) is 16.5. The minimum Gasteiger partial charge on any atom is -0.497 e. The number of halogens is 1. The van der Waals surface area contributed by atoms with E-state index in [4.69, 9.17) is 4.74 Å². The number of rotatable bonds is 4. The minimum absolute atomic E-state index is 0.349. The van der Waals surface area contributed by atoms with Crippen molar-refractivity contribution < 1.29 is 13.9 Å². The maximum Gasteiger partial charge on any atom is 0.257 e. The van der Waals surface area contributed by atoms with Gasteiger partial charge in [-0.25, -0.2) is 4.39 Å². The van der Waals surface area contributed by atoms with Crippen LogP contribution >= 0.6 is 0 Å². The third-order valence-electron chi connectivity index (χ3n) is 3.49. The zero-order chi connectivity index (χ0) is 16.9. The molecule has 4 nitrogen and oxygen atoms in total. The van der Waals surface area contributed by atoms with E-state index in [1.54, 1.807) is 25.4 Å². The van der Waals surface area contributed by atoms with Crippen molar-refractivity contribution in [3.8, 4) is 16.9 Å². The van der Waals surface area contributed by atoms with Gasteiger partial charge in [-0.1, -0.05) is 18.2 Å². The van der Waals surface area contributed by atoms with Crippen LogP contribution in [0.2, 0.25) is 0 Å². The Bertz CT molecular complexity index is 881. The highest BCUT2D eigenvalue weighted by Gasteiger charge is 2.09. The third kappa shape index (κ3) is 3.57. The fourth-order valence-electron chi connectivity index (χ4n) is 2.29. The number of carbonyl (C=O) groups excluding carboxylic acids is 1. The van der Waals surface area contributed by atoms with Crippen LogP contribution < -0.4 is 10.1 Å². The molecule has 5 heteroatoms. The molecule has 120 valence electrons. The van der Waals surface area contributed by atoms with Crippen molar-refractivity contribution in [2.45, 2.75) is 0 Å². The summed E-state index contributed by atoms with van der Waals surface area (Å²) in [5.74, 6) is -0.0315. The molecule has 0 aliphatic rings. The standard InChI is InChI=1S/C19H15FN2O2/c1-24-18-7-2-4-13(9-18)14-8-15(12-21-11-14)19(23)22-17-6-3-5-16(20)10-17/h2-12H,1H3,(H,22,23). The molecule has 0 radical (unpaired) electrons. The molecule has 0 unspecified atom stereocenters. The zero-order valence-corrected chi connectivity index (χ0v) is 13.0. The summed E-state index contributed by atoms with van der Waals surface area (Å²) in [5.41, 5.74) is 2.47. The fraction of sp³-hybridized carbons (Fsp3) is 0.0526. The summed E-state index contributed by atoms with van der Waals surface area (Å²) in [6, 6.07) is 15.0. The van der Waals surface area contributed by atoms with Gasteiger partial charge in [-0.05, 0) is 42.0 Å². The van der Waals surface area contributed by atoms with Crippen molar-refractivity contribution in [1.29, 1.82) is 0 Å². The Labute approximate surface area is 138 Å². The fourth-order valence-corrected chi connectivity index (χ4v) is 2.29. The Morgan fingerprint density at radius 3 is 2.67 bits per heavy atom. The number of methoxy groups -OCH3 is 1. The van der Waals surface area contributed by atoms with Gasteiger partial charge in [0.05, 0.1) is 12.7 Å². The Morgan fingerprint density at radius 2 is 1.88 bits per heavy atom. The molecule has 1 amide bonds. The highest BCUT2D eigenvalue weighted by molar-refractivity contribution is 6.04. The smallest absolute Gasteiger partial charge is 0.257 e. The monoisotopic (exact) mass is 322 g/mol. The summed E-state index contributed by atoms with van der Waals surface area (Å²) in [5, 5.41) is 2.66. The van der Waals surface area contributed by atoms with Gasteiger partial charge in [-0.3, -0.25) is 9.78 Å². The first-order valence-electron chi connectivity index (χ1n) is 7.32. The molecule has 24 heavy (non-hydrogen) atoms. The highest BCUT2D eigenvalue weighted by Crippen LogP contribution is 2.24. The minimum atomic E-state index is -0.406. The molecule has 0 aliphatic carbocycles. The number of amides is 1. The van der Waals surface area contributed by atoms with Gasteiger partial charge in [0.1, 0.15) is 11.6 Å². The van der Waals surface area contributed by atoms with Gasteiger partial charge < -0.3 is 10.1 Å². The molecular weight excluding hydrogens is 307 g/mol. The van der Waals surface area contributed by atoms with E-state index in [0.717, 1.165) is 16.9 Å². The maximum absolute atomic E-state index is 13.2. The lowest BCUT2D eigenvalue weighted by atomic mass is 10.1. The first kappa shape index (κ1) is 15.7. The first-order chi connectivity index (χ1) is 11.7. The Morgan fingerprint density at radius 1 is 1.04 bits per heavy atom. The Kier molecular flexibility index (Phi) is 4.52. The van der Waals surface area contributed by atoms with Gasteiger partial charge in [0.15, 0.2) is 0 Å². The molecule has 0 aliphatic heterocycles. The van der Waals surface area contributed by atoms with Crippen LogP contribution in [-0.4, -0.2) is 18.0 Å². The van der Waals surface area contributed by atoms with Crippen LogP contribution in [0.5, 0.6) is 5.75 Å². The van der Waals surface area contributed by atoms with Crippen LogP contribution in [0.15, 0.2) is 67.0 Å². The molecule has 2 aromatic carbocycles. The number of nitrogens with one attached hydrogen (secondary N) is 1. The van der Waals surface area contributed by atoms with Gasteiger partial charge in [-0.15, -0.1) is 0 Å². The number of carbonyl (C=O) groups is 1. The van der Waals surface area contributed by atoms with Crippen molar-refractivity contribution in [3.05, 3.63) is 78.4 Å². The summed E-state index contributed by atoms with van der Waals surface area (Å²) in [7, 11) is 1.60. The van der Waals surface area contributed by atoms with E-state index in [9.17, 15) is 9.18 Å². The van der Waals surface area contributed by atoms with Gasteiger partial charge in [-0.2, -0.15) is 0 Å². The van der Waals surface area contributed by atoms with Gasteiger partial charge >= 0.3 is 0 Å². The number of hydrogen-bond donors (Lipinski definition) is 1. The van der Waals surface area contributed by atoms with E-state index >= 15 is 0 Å². The van der Waals surface area contributed by atoms with Crippen LogP contribution in [0.1, 0.15) is 10.4 Å². The van der Waals surface area contributed by atoms with Crippen LogP contribution in [0.4, 0.5) is 10.1 Å². The molecule has 0 saturated carbocycles. The SMILES string of the molecule is COc1cccc(-c2cncc(C(=O)Nc3cccc(F)c3)c2)c1. The molecule has 3 rings (SSSR count). The zero-order valence-electron chi connectivity index (χ0n) is 13.0. The van der Waals surface area contributed by atoms with Crippen molar-refractivity contribution in [1.82, 2.24) is 4.98 Å². The average molecular weight is 322 g/mol. The molecule has 0 saturated heterocycles. The quantitative estimate of drug-likeness (QED) is 0.785. The predicted octanol–water partition coefficient (Wildman–Crippen LogP) is 4.15. The number of ether oxygens (including phenoxy) is 1. The Hall–Kier alpha value is -3.21. The lowest BCUT2D eigenvalue weighted by molar-refractivity contribution is 0.102. The van der Waals surface area contributed by atoms with E-state index in [1.807, 2.05) is 24.3 Å². The summed E-state index contributed by atoms with van der Waals surface area (Å²) in [6.45, 7) is 0. The molecule has 0 bridgehead atoms. The molecule has 1 N–H and O–H groups in total. The van der Waals surface area contributed by atoms with Gasteiger partial charge in [0.2, 0.25) is 0 Å². The average Bonchev–Trinajstić information content (AvgIpc) is 2.62. The van der Waals surface area contributed by atoms with Crippen LogP contribution in [-0.2, 0) is 0 Å². The van der Waals surface area contributed by atoms with E-state index in [0.29, 0.717) is 11.3 Å².